The zero-order valence-electron chi connectivity index (χ0n) is 15.1. The van der Waals surface area contributed by atoms with Crippen LogP contribution in [0.2, 0.25) is 0 Å². The molecule has 0 aliphatic carbocycles. The van der Waals surface area contributed by atoms with Crippen molar-refractivity contribution >= 4 is 5.97 Å². The highest BCUT2D eigenvalue weighted by atomic mass is 16.4. The summed E-state index contributed by atoms with van der Waals surface area (Å²) in [5, 5.41) is 8.27. The van der Waals surface area contributed by atoms with Gasteiger partial charge in [-0.05, 0) is 32.6 Å². The quantitative estimate of drug-likeness (QED) is 0.504. The van der Waals surface area contributed by atoms with E-state index in [0.29, 0.717) is 12.3 Å². The van der Waals surface area contributed by atoms with Crippen molar-refractivity contribution in [1.82, 2.24) is 0 Å². The topological polar surface area (TPSA) is 63.3 Å². The summed E-state index contributed by atoms with van der Waals surface area (Å²) >= 11 is 0. The first kappa shape index (κ1) is 22.7. The van der Waals surface area contributed by atoms with E-state index in [9.17, 15) is 4.79 Å². The van der Waals surface area contributed by atoms with Gasteiger partial charge in [-0.1, -0.05) is 65.7 Å². The molecular formula is C18H39NO2. The number of rotatable bonds is 11. The molecule has 3 nitrogen and oxygen atoms in total. The number of carboxylic acid groups (broad SMARTS) is 1. The molecule has 0 aromatic heterocycles. The molecule has 0 aromatic carbocycles. The molecule has 0 radical (unpaired) electrons. The molecule has 0 aromatic rings. The summed E-state index contributed by atoms with van der Waals surface area (Å²) in [6, 6.07) is 0. The SMILES string of the molecule is CCCCCC(C)C(C)(C)N.CCCCCCCC(=O)O. The van der Waals surface area contributed by atoms with Gasteiger partial charge in [0.2, 0.25) is 0 Å². The molecule has 0 spiro atoms. The number of nitrogens with two attached hydrogens (primary N) is 1. The summed E-state index contributed by atoms with van der Waals surface area (Å²) < 4.78 is 0. The third kappa shape index (κ3) is 19.4. The molecule has 0 amide bonds. The van der Waals surface area contributed by atoms with Crippen LogP contribution >= 0.6 is 0 Å². The highest BCUT2D eigenvalue weighted by Crippen LogP contribution is 2.19. The summed E-state index contributed by atoms with van der Waals surface area (Å²) in [7, 11) is 0. The number of carbonyl (C=O) groups is 1. The Morgan fingerprint density at radius 1 is 1.00 bits per heavy atom. The van der Waals surface area contributed by atoms with Crippen molar-refractivity contribution in [3.8, 4) is 0 Å². The molecule has 0 saturated heterocycles. The Balaban J connectivity index is 0. The zero-order valence-corrected chi connectivity index (χ0v) is 15.1. The molecular weight excluding hydrogens is 262 g/mol. The van der Waals surface area contributed by atoms with Gasteiger partial charge in [-0.15, -0.1) is 0 Å². The van der Waals surface area contributed by atoms with Gasteiger partial charge in [0, 0.05) is 12.0 Å². The van der Waals surface area contributed by atoms with Gasteiger partial charge in [0.1, 0.15) is 0 Å². The second-order valence-electron chi connectivity index (χ2n) is 6.78. The van der Waals surface area contributed by atoms with Crippen LogP contribution in [0.25, 0.3) is 0 Å². The Labute approximate surface area is 132 Å². The van der Waals surface area contributed by atoms with Gasteiger partial charge in [-0.25, -0.2) is 0 Å². The van der Waals surface area contributed by atoms with Crippen LogP contribution in [-0.2, 0) is 4.79 Å². The Kier molecular flexibility index (Phi) is 15.5. The van der Waals surface area contributed by atoms with E-state index < -0.39 is 5.97 Å². The lowest BCUT2D eigenvalue weighted by Gasteiger charge is -2.27. The first-order valence-electron chi connectivity index (χ1n) is 8.76. The zero-order chi connectivity index (χ0) is 16.7. The molecule has 0 aliphatic heterocycles. The molecule has 3 heteroatoms. The van der Waals surface area contributed by atoms with E-state index in [0.717, 1.165) is 12.8 Å². The van der Waals surface area contributed by atoms with Crippen molar-refractivity contribution in [1.29, 1.82) is 0 Å². The highest BCUT2D eigenvalue weighted by molar-refractivity contribution is 5.66. The number of aliphatic carboxylic acids is 1. The lowest BCUT2D eigenvalue weighted by Crippen LogP contribution is -2.39. The van der Waals surface area contributed by atoms with Crippen LogP contribution in [0.3, 0.4) is 0 Å². The third-order valence-corrected chi connectivity index (χ3v) is 4.01. The summed E-state index contributed by atoms with van der Waals surface area (Å²) in [4.78, 5) is 10.0. The van der Waals surface area contributed by atoms with Gasteiger partial charge in [-0.2, -0.15) is 0 Å². The Morgan fingerprint density at radius 2 is 1.48 bits per heavy atom. The monoisotopic (exact) mass is 301 g/mol. The van der Waals surface area contributed by atoms with Crippen molar-refractivity contribution in [2.45, 2.75) is 104 Å². The van der Waals surface area contributed by atoms with Crippen LogP contribution in [0.15, 0.2) is 0 Å². The predicted octanol–water partition coefficient (Wildman–Crippen LogP) is 5.37. The van der Waals surface area contributed by atoms with Crippen molar-refractivity contribution in [3.63, 3.8) is 0 Å². The van der Waals surface area contributed by atoms with Crippen LogP contribution in [0.4, 0.5) is 0 Å². The number of carboxylic acids is 1. The van der Waals surface area contributed by atoms with Crippen molar-refractivity contribution in [2.75, 3.05) is 0 Å². The maximum absolute atomic E-state index is 10.0. The molecule has 0 saturated carbocycles. The van der Waals surface area contributed by atoms with Gasteiger partial charge in [0.05, 0.1) is 0 Å². The molecule has 0 fully saturated rings. The Morgan fingerprint density at radius 3 is 1.90 bits per heavy atom. The third-order valence-electron chi connectivity index (χ3n) is 4.01. The molecule has 128 valence electrons. The maximum Gasteiger partial charge on any atom is 0.303 e. The van der Waals surface area contributed by atoms with E-state index in [1.54, 1.807) is 0 Å². The lowest BCUT2D eigenvalue weighted by molar-refractivity contribution is -0.137. The molecule has 1 atom stereocenters. The van der Waals surface area contributed by atoms with Gasteiger partial charge in [-0.3, -0.25) is 4.79 Å². The second kappa shape index (κ2) is 14.4. The van der Waals surface area contributed by atoms with E-state index in [4.69, 9.17) is 10.8 Å². The van der Waals surface area contributed by atoms with Crippen molar-refractivity contribution in [3.05, 3.63) is 0 Å². The van der Waals surface area contributed by atoms with Gasteiger partial charge >= 0.3 is 5.97 Å². The summed E-state index contributed by atoms with van der Waals surface area (Å²) in [5.74, 6) is -0.0226. The summed E-state index contributed by atoms with van der Waals surface area (Å²) in [5.41, 5.74) is 5.97. The van der Waals surface area contributed by atoms with E-state index in [1.165, 1.54) is 44.9 Å². The van der Waals surface area contributed by atoms with Gasteiger partial charge < -0.3 is 10.8 Å². The molecule has 0 heterocycles. The minimum absolute atomic E-state index is 0.00768. The van der Waals surface area contributed by atoms with Crippen molar-refractivity contribution < 1.29 is 9.90 Å². The minimum Gasteiger partial charge on any atom is -0.481 e. The molecule has 1 unspecified atom stereocenters. The molecule has 0 rings (SSSR count). The normalized spacial score (nSPS) is 12.5. The second-order valence-corrected chi connectivity index (χ2v) is 6.78. The first-order chi connectivity index (χ1) is 9.75. The largest absolute Gasteiger partial charge is 0.481 e. The molecule has 0 aliphatic rings. The van der Waals surface area contributed by atoms with Crippen molar-refractivity contribution in [2.24, 2.45) is 11.7 Å². The fourth-order valence-electron chi connectivity index (χ4n) is 1.95. The van der Waals surface area contributed by atoms with Crippen LogP contribution in [-0.4, -0.2) is 16.6 Å². The number of hydrogen-bond acceptors (Lipinski definition) is 2. The van der Waals surface area contributed by atoms with E-state index in [-0.39, 0.29) is 5.54 Å². The fourth-order valence-corrected chi connectivity index (χ4v) is 1.95. The van der Waals surface area contributed by atoms with Crippen LogP contribution in [0, 0.1) is 5.92 Å². The number of unbranched alkanes of at least 4 members (excludes halogenated alkanes) is 6. The van der Waals surface area contributed by atoms with E-state index in [2.05, 4.69) is 34.6 Å². The van der Waals surface area contributed by atoms with Crippen LogP contribution in [0.1, 0.15) is 98.8 Å². The van der Waals surface area contributed by atoms with E-state index >= 15 is 0 Å². The highest BCUT2D eigenvalue weighted by Gasteiger charge is 2.19. The Hall–Kier alpha value is -0.570. The van der Waals surface area contributed by atoms with Crippen LogP contribution < -0.4 is 5.73 Å². The molecule has 21 heavy (non-hydrogen) atoms. The minimum atomic E-state index is -0.670. The summed E-state index contributed by atoms with van der Waals surface area (Å²) in [6.07, 6.45) is 11.1. The standard InChI is InChI=1S/C10H23N.C8H16O2/c1-5-6-7-8-9(2)10(3,4)11;1-2-3-4-5-6-7-8(9)10/h9H,5-8,11H2,1-4H3;2-7H2,1H3,(H,9,10). The summed E-state index contributed by atoms with van der Waals surface area (Å²) in [6.45, 7) is 10.9. The molecule has 0 bridgehead atoms. The average molecular weight is 302 g/mol. The van der Waals surface area contributed by atoms with Gasteiger partial charge in [0.15, 0.2) is 0 Å². The fraction of sp³-hybridized carbons (Fsp3) is 0.944. The molecule has 3 N–H and O–H groups in total. The Bertz CT molecular complexity index is 234. The maximum atomic E-state index is 10.0. The van der Waals surface area contributed by atoms with Gasteiger partial charge in [0.25, 0.3) is 0 Å². The smallest absolute Gasteiger partial charge is 0.303 e. The van der Waals surface area contributed by atoms with Crippen LogP contribution in [0.5, 0.6) is 0 Å². The predicted molar refractivity (Wildman–Crippen MR) is 92.6 cm³/mol. The van der Waals surface area contributed by atoms with E-state index in [1.807, 2.05) is 0 Å². The average Bonchev–Trinajstić information content (AvgIpc) is 2.38. The number of hydrogen-bond donors (Lipinski definition) is 2. The lowest BCUT2D eigenvalue weighted by atomic mass is 9.86. The first-order valence-corrected chi connectivity index (χ1v) is 8.76.